The minimum atomic E-state index is -3.87. The van der Waals surface area contributed by atoms with E-state index in [2.05, 4.69) is 26.3 Å². The quantitative estimate of drug-likeness (QED) is 0.561. The highest BCUT2D eigenvalue weighted by atomic mass is 32.2. The van der Waals surface area contributed by atoms with E-state index in [9.17, 15) is 13.2 Å². The number of methoxy groups -OCH3 is 1. The predicted octanol–water partition coefficient (Wildman–Crippen LogP) is -0.660. The largest absolute Gasteiger partial charge is 0.468 e. The zero-order valence-corrected chi connectivity index (χ0v) is 10.9. The molecule has 0 aromatic carbocycles. The number of aliphatic hydroxyl groups is 1. The van der Waals surface area contributed by atoms with Crippen LogP contribution in [0.1, 0.15) is 5.69 Å². The summed E-state index contributed by atoms with van der Waals surface area (Å²) in [4.78, 5) is 14.8. The zero-order chi connectivity index (χ0) is 14.3. The van der Waals surface area contributed by atoms with Crippen LogP contribution in [0.5, 0.6) is 0 Å². The van der Waals surface area contributed by atoms with Gasteiger partial charge in [-0.15, -0.1) is 0 Å². The second-order valence-corrected chi connectivity index (χ2v) is 5.03. The molecule has 2 N–H and O–H groups in total. The molecule has 1 aromatic rings. The first-order valence-corrected chi connectivity index (χ1v) is 6.76. The predicted molar refractivity (Wildman–Crippen MR) is 67.6 cm³/mol. The van der Waals surface area contributed by atoms with Crippen molar-refractivity contribution < 1.29 is 23.1 Å². The van der Waals surface area contributed by atoms with E-state index in [-0.39, 0.29) is 12.4 Å². The number of hydrogen-bond acceptors (Lipinski definition) is 6. The van der Waals surface area contributed by atoms with Crippen molar-refractivity contribution >= 4 is 21.8 Å². The van der Waals surface area contributed by atoms with Gasteiger partial charge in [-0.2, -0.15) is 0 Å². The molecule has 8 heteroatoms. The van der Waals surface area contributed by atoms with E-state index in [4.69, 9.17) is 5.11 Å². The molecule has 0 saturated heterocycles. The molecule has 0 aliphatic rings. The average Bonchev–Trinajstić information content (AvgIpc) is 2.35. The van der Waals surface area contributed by atoms with E-state index in [1.807, 2.05) is 0 Å². The SMILES string of the molecule is COC(=O)CS(=O)(=O)Nc1cccc(C#CCO)n1. The standard InChI is InChI=1S/C11H12N2O5S/c1-18-11(15)8-19(16,17)13-10-6-2-4-9(12-10)5-3-7-14/h2,4,6,14H,7-8H2,1H3,(H,12,13). The lowest BCUT2D eigenvalue weighted by molar-refractivity contribution is -0.137. The maximum absolute atomic E-state index is 11.6. The Labute approximate surface area is 110 Å². The summed E-state index contributed by atoms with van der Waals surface area (Å²) in [5.74, 6) is 3.29. The van der Waals surface area contributed by atoms with Crippen LogP contribution < -0.4 is 4.72 Å². The molecule has 1 rings (SSSR count). The third kappa shape index (κ3) is 5.37. The first-order valence-electron chi connectivity index (χ1n) is 5.11. The molecule has 19 heavy (non-hydrogen) atoms. The number of carbonyl (C=O) groups excluding carboxylic acids is 1. The van der Waals surface area contributed by atoms with Gasteiger partial charge in [0.05, 0.1) is 7.11 Å². The first kappa shape index (κ1) is 14.9. The van der Waals surface area contributed by atoms with E-state index < -0.39 is 21.7 Å². The van der Waals surface area contributed by atoms with Gasteiger partial charge in [0.1, 0.15) is 18.1 Å². The lowest BCUT2D eigenvalue weighted by Gasteiger charge is -2.06. The maximum atomic E-state index is 11.6. The number of rotatable bonds is 4. The normalized spacial score (nSPS) is 10.2. The van der Waals surface area contributed by atoms with E-state index in [0.29, 0.717) is 5.69 Å². The molecule has 0 fully saturated rings. The first-order chi connectivity index (χ1) is 8.96. The van der Waals surface area contributed by atoms with E-state index in [1.165, 1.54) is 6.07 Å². The average molecular weight is 284 g/mol. The Balaban J connectivity index is 2.85. The van der Waals surface area contributed by atoms with Crippen molar-refractivity contribution in [2.24, 2.45) is 0 Å². The summed E-state index contributed by atoms with van der Waals surface area (Å²) in [5, 5.41) is 8.55. The lowest BCUT2D eigenvalue weighted by Crippen LogP contribution is -2.24. The molecule has 0 saturated carbocycles. The molecule has 0 unspecified atom stereocenters. The van der Waals surface area contributed by atoms with Crippen LogP contribution in [-0.4, -0.2) is 43.9 Å². The van der Waals surface area contributed by atoms with Crippen molar-refractivity contribution in [3.05, 3.63) is 23.9 Å². The highest BCUT2D eigenvalue weighted by Crippen LogP contribution is 2.07. The number of carbonyl (C=O) groups is 1. The number of anilines is 1. The van der Waals surface area contributed by atoms with Crippen LogP contribution in [0.2, 0.25) is 0 Å². The van der Waals surface area contributed by atoms with Crippen molar-refractivity contribution in [3.63, 3.8) is 0 Å². The maximum Gasteiger partial charge on any atom is 0.322 e. The van der Waals surface area contributed by atoms with Gasteiger partial charge < -0.3 is 9.84 Å². The number of ether oxygens (including phenoxy) is 1. The lowest BCUT2D eigenvalue weighted by atomic mass is 10.3. The zero-order valence-electron chi connectivity index (χ0n) is 10.1. The van der Waals surface area contributed by atoms with Gasteiger partial charge in [0.2, 0.25) is 10.0 Å². The summed E-state index contributed by atoms with van der Waals surface area (Å²) >= 11 is 0. The van der Waals surface area contributed by atoms with Crippen molar-refractivity contribution in [1.29, 1.82) is 0 Å². The molecule has 0 spiro atoms. The molecule has 1 heterocycles. The number of aliphatic hydroxyl groups excluding tert-OH is 1. The minimum absolute atomic E-state index is 0.0358. The Hall–Kier alpha value is -2.11. The molecular weight excluding hydrogens is 272 g/mol. The number of nitrogens with one attached hydrogen (secondary N) is 1. The van der Waals surface area contributed by atoms with E-state index in [0.717, 1.165) is 7.11 Å². The highest BCUT2D eigenvalue weighted by molar-refractivity contribution is 7.93. The van der Waals surface area contributed by atoms with Crippen molar-refractivity contribution in [3.8, 4) is 11.8 Å². The molecule has 0 atom stereocenters. The third-order valence-corrected chi connectivity index (χ3v) is 2.98. The molecule has 1 aromatic heterocycles. The Kier molecular flexibility index (Phi) is 5.29. The van der Waals surface area contributed by atoms with Gasteiger partial charge in [0.25, 0.3) is 0 Å². The fraction of sp³-hybridized carbons (Fsp3) is 0.273. The van der Waals surface area contributed by atoms with Crippen LogP contribution in [0, 0.1) is 11.8 Å². The van der Waals surface area contributed by atoms with Gasteiger partial charge in [0.15, 0.2) is 5.75 Å². The molecule has 102 valence electrons. The van der Waals surface area contributed by atoms with Crippen LogP contribution in [0.25, 0.3) is 0 Å². The molecule has 0 aliphatic carbocycles. The number of nitrogens with zero attached hydrogens (tertiary/aromatic N) is 1. The number of sulfonamides is 1. The fourth-order valence-electron chi connectivity index (χ4n) is 1.10. The molecule has 7 nitrogen and oxygen atoms in total. The van der Waals surface area contributed by atoms with Crippen LogP contribution in [0.15, 0.2) is 18.2 Å². The number of pyridine rings is 1. The Morgan fingerprint density at radius 2 is 2.26 bits per heavy atom. The molecule has 0 amide bonds. The Morgan fingerprint density at radius 1 is 1.53 bits per heavy atom. The van der Waals surface area contributed by atoms with Gasteiger partial charge in [-0.25, -0.2) is 13.4 Å². The van der Waals surface area contributed by atoms with Gasteiger partial charge in [-0.05, 0) is 18.1 Å². The second kappa shape index (κ2) is 6.72. The molecular formula is C11H12N2O5S. The van der Waals surface area contributed by atoms with Crippen LogP contribution in [0.4, 0.5) is 5.82 Å². The monoisotopic (exact) mass is 284 g/mol. The number of hydrogen-bond donors (Lipinski definition) is 2. The van der Waals surface area contributed by atoms with Crippen LogP contribution >= 0.6 is 0 Å². The second-order valence-electron chi connectivity index (χ2n) is 3.31. The van der Waals surface area contributed by atoms with E-state index >= 15 is 0 Å². The van der Waals surface area contributed by atoms with E-state index in [1.54, 1.807) is 12.1 Å². The Bertz CT molecular complexity index is 615. The topological polar surface area (TPSA) is 106 Å². The van der Waals surface area contributed by atoms with Crippen molar-refractivity contribution in [1.82, 2.24) is 4.98 Å². The van der Waals surface area contributed by atoms with Gasteiger partial charge in [0, 0.05) is 0 Å². The summed E-state index contributed by atoms with van der Waals surface area (Å²) in [5.41, 5.74) is 0.298. The molecule has 0 aliphatic heterocycles. The summed E-state index contributed by atoms with van der Waals surface area (Å²) in [6, 6.07) is 4.52. The minimum Gasteiger partial charge on any atom is -0.468 e. The van der Waals surface area contributed by atoms with Gasteiger partial charge in [-0.1, -0.05) is 12.0 Å². The van der Waals surface area contributed by atoms with Crippen LogP contribution in [-0.2, 0) is 19.6 Å². The molecule has 0 bridgehead atoms. The van der Waals surface area contributed by atoms with Crippen LogP contribution in [0.3, 0.4) is 0 Å². The Morgan fingerprint density at radius 3 is 2.89 bits per heavy atom. The third-order valence-electron chi connectivity index (χ3n) is 1.84. The summed E-state index contributed by atoms with van der Waals surface area (Å²) in [7, 11) is -2.77. The fourth-order valence-corrected chi connectivity index (χ4v) is 2.03. The van der Waals surface area contributed by atoms with Gasteiger partial charge in [-0.3, -0.25) is 9.52 Å². The highest BCUT2D eigenvalue weighted by Gasteiger charge is 2.17. The van der Waals surface area contributed by atoms with Crippen molar-refractivity contribution in [2.75, 3.05) is 24.2 Å². The summed E-state index contributed by atoms with van der Waals surface area (Å²) < 4.78 is 29.5. The summed E-state index contributed by atoms with van der Waals surface area (Å²) in [6.07, 6.45) is 0. The molecule has 0 radical (unpaired) electrons. The van der Waals surface area contributed by atoms with Crippen molar-refractivity contribution in [2.45, 2.75) is 0 Å². The number of esters is 1. The number of aromatic nitrogens is 1. The van der Waals surface area contributed by atoms with Gasteiger partial charge >= 0.3 is 5.97 Å². The smallest absolute Gasteiger partial charge is 0.322 e. The summed E-state index contributed by atoms with van der Waals surface area (Å²) in [6.45, 7) is -0.319.